The van der Waals surface area contributed by atoms with Crippen LogP contribution in [0.15, 0.2) is 89.0 Å². The van der Waals surface area contributed by atoms with Crippen molar-refractivity contribution in [2.24, 2.45) is 10.1 Å². The maximum atomic E-state index is 12.3. The van der Waals surface area contributed by atoms with E-state index in [0.717, 1.165) is 38.3 Å². The lowest BCUT2D eigenvalue weighted by molar-refractivity contribution is -0.113. The molecule has 0 bridgehead atoms. The molecule has 0 radical (unpaired) electrons. The van der Waals surface area contributed by atoms with Crippen LogP contribution in [0.1, 0.15) is 5.69 Å². The summed E-state index contributed by atoms with van der Waals surface area (Å²) < 4.78 is 0. The van der Waals surface area contributed by atoms with Crippen molar-refractivity contribution in [1.29, 1.82) is 0 Å². The molecule has 0 aliphatic carbocycles. The molecule has 33 heavy (non-hydrogen) atoms. The number of carbonyl (C=O) groups excluding carboxylic acids is 1. The second kappa shape index (κ2) is 7.69. The molecule has 1 amide bonds. The molecule has 3 aromatic carbocycles. The molecule has 5 aromatic rings. The molecular weight excluding hydrogens is 434 g/mol. The zero-order chi connectivity index (χ0) is 22.4. The van der Waals surface area contributed by atoms with Gasteiger partial charge in [0.2, 0.25) is 0 Å². The van der Waals surface area contributed by atoms with E-state index >= 15 is 0 Å². The molecule has 0 saturated heterocycles. The second-order valence-electron chi connectivity index (χ2n) is 7.65. The Hall–Kier alpha value is -4.29. The maximum absolute atomic E-state index is 12.3. The Morgan fingerprint density at radius 2 is 1.73 bits per heavy atom. The fraction of sp³-hybridized carbons (Fsp3) is 0. The van der Waals surface area contributed by atoms with Gasteiger partial charge in [-0.3, -0.25) is 10.2 Å². The van der Waals surface area contributed by atoms with Crippen LogP contribution in [-0.4, -0.2) is 22.1 Å². The highest BCUT2D eigenvalue weighted by Crippen LogP contribution is 2.35. The van der Waals surface area contributed by atoms with Crippen LogP contribution in [-0.2, 0) is 4.79 Å². The van der Waals surface area contributed by atoms with E-state index in [4.69, 9.17) is 16.6 Å². The number of hydrogen-bond donors (Lipinski definition) is 2. The van der Waals surface area contributed by atoms with E-state index in [1.165, 1.54) is 0 Å². The van der Waals surface area contributed by atoms with Gasteiger partial charge in [-0.2, -0.15) is 5.10 Å². The lowest BCUT2D eigenvalue weighted by Gasteiger charge is -2.07. The minimum atomic E-state index is -0.342. The molecule has 6 rings (SSSR count). The van der Waals surface area contributed by atoms with Crippen molar-refractivity contribution in [3.05, 3.63) is 100 Å². The van der Waals surface area contributed by atoms with Gasteiger partial charge in [0.15, 0.2) is 0 Å². The summed E-state index contributed by atoms with van der Waals surface area (Å²) in [6.07, 6.45) is 1.60. The van der Waals surface area contributed by atoms with E-state index < -0.39 is 0 Å². The maximum Gasteiger partial charge on any atom is 0.296 e. The van der Waals surface area contributed by atoms with Gasteiger partial charge in [-0.1, -0.05) is 66.2 Å². The highest BCUT2D eigenvalue weighted by molar-refractivity contribution is 6.33. The zero-order valence-corrected chi connectivity index (χ0v) is 18.0. The first-order valence-corrected chi connectivity index (χ1v) is 10.7. The number of rotatable bonds is 4. The minimum absolute atomic E-state index is 0.342. The number of aromatic nitrogens is 2. The van der Waals surface area contributed by atoms with Crippen LogP contribution in [0.25, 0.3) is 38.8 Å². The highest BCUT2D eigenvalue weighted by atomic mass is 35.5. The lowest BCUT2D eigenvalue weighted by Crippen LogP contribution is -2.26. The Kier molecular flexibility index (Phi) is 4.52. The summed E-state index contributed by atoms with van der Waals surface area (Å²) in [5.41, 5.74) is 7.32. The molecule has 3 heterocycles. The van der Waals surface area contributed by atoms with Crippen molar-refractivity contribution in [3.8, 4) is 11.3 Å². The quantitative estimate of drug-likeness (QED) is 0.322. The van der Waals surface area contributed by atoms with Crippen LogP contribution in [0, 0.1) is 0 Å². The highest BCUT2D eigenvalue weighted by Gasteiger charge is 2.16. The average molecular weight is 450 g/mol. The summed E-state index contributed by atoms with van der Waals surface area (Å²) >= 11 is 6.51. The summed E-state index contributed by atoms with van der Waals surface area (Å²) in [4.78, 5) is 24.6. The van der Waals surface area contributed by atoms with Crippen LogP contribution >= 0.6 is 11.6 Å². The third-order valence-corrected chi connectivity index (χ3v) is 5.96. The van der Waals surface area contributed by atoms with Gasteiger partial charge in [-0.15, -0.1) is 0 Å². The molecule has 0 saturated carbocycles. The SMILES string of the molecule is O=C1N=c2ccccc2=C1N/N=C/c1cc2c([nH]c3ccccc32)c(-c2ccccc2Cl)n1. The molecule has 1 aliphatic heterocycles. The first-order chi connectivity index (χ1) is 16.2. The number of nitrogens with one attached hydrogen (secondary N) is 2. The lowest BCUT2D eigenvalue weighted by atomic mass is 10.1. The number of fused-ring (bicyclic) bond motifs is 4. The Morgan fingerprint density at radius 1 is 0.939 bits per heavy atom. The van der Waals surface area contributed by atoms with Crippen LogP contribution in [0.4, 0.5) is 0 Å². The number of carbonyl (C=O) groups is 1. The Bertz CT molecular complexity index is 1740. The Labute approximate surface area is 193 Å². The summed E-state index contributed by atoms with van der Waals surface area (Å²) in [5.74, 6) is -0.342. The van der Waals surface area contributed by atoms with Gasteiger partial charge in [0.1, 0.15) is 5.70 Å². The molecule has 7 heteroatoms. The van der Waals surface area contributed by atoms with Crippen molar-refractivity contribution in [3.63, 3.8) is 0 Å². The van der Waals surface area contributed by atoms with E-state index in [2.05, 4.69) is 26.6 Å². The van der Waals surface area contributed by atoms with E-state index in [0.29, 0.717) is 21.8 Å². The fourth-order valence-electron chi connectivity index (χ4n) is 4.11. The number of benzene rings is 3. The van der Waals surface area contributed by atoms with Crippen molar-refractivity contribution in [1.82, 2.24) is 15.4 Å². The Balaban J connectivity index is 1.48. The van der Waals surface area contributed by atoms with Crippen molar-refractivity contribution in [2.75, 3.05) is 0 Å². The first-order valence-electron chi connectivity index (χ1n) is 10.4. The summed E-state index contributed by atoms with van der Waals surface area (Å²) in [7, 11) is 0. The summed E-state index contributed by atoms with van der Waals surface area (Å²) in [5, 5.41) is 8.39. The van der Waals surface area contributed by atoms with Gasteiger partial charge in [0, 0.05) is 27.1 Å². The van der Waals surface area contributed by atoms with E-state index in [-0.39, 0.29) is 5.91 Å². The number of halogens is 1. The molecule has 0 atom stereocenters. The normalized spacial score (nSPS) is 13.1. The topological polar surface area (TPSA) is 82.5 Å². The third kappa shape index (κ3) is 3.28. The van der Waals surface area contributed by atoms with Crippen LogP contribution in [0.3, 0.4) is 0 Å². The number of para-hydroxylation sites is 2. The summed E-state index contributed by atoms with van der Waals surface area (Å²) in [6.45, 7) is 0. The van der Waals surface area contributed by atoms with Crippen molar-refractivity contribution < 1.29 is 4.79 Å². The van der Waals surface area contributed by atoms with Gasteiger partial charge in [-0.05, 0) is 24.3 Å². The zero-order valence-electron chi connectivity index (χ0n) is 17.2. The molecule has 0 spiro atoms. The molecule has 0 unspecified atom stereocenters. The second-order valence-corrected chi connectivity index (χ2v) is 8.06. The number of aromatic amines is 1. The van der Waals surface area contributed by atoms with Gasteiger partial charge in [-0.25, -0.2) is 9.98 Å². The fourth-order valence-corrected chi connectivity index (χ4v) is 4.34. The molecule has 0 fully saturated rings. The van der Waals surface area contributed by atoms with Crippen molar-refractivity contribution in [2.45, 2.75) is 0 Å². The first kappa shape index (κ1) is 19.4. The monoisotopic (exact) mass is 449 g/mol. The van der Waals surface area contributed by atoms with Crippen molar-refractivity contribution >= 4 is 51.2 Å². The van der Waals surface area contributed by atoms with E-state index in [1.54, 1.807) is 12.3 Å². The number of H-pyrrole nitrogens is 1. The molecule has 2 aromatic heterocycles. The number of hydrogen-bond acceptors (Lipinski definition) is 4. The van der Waals surface area contributed by atoms with Gasteiger partial charge < -0.3 is 4.98 Å². The molecule has 1 aliphatic rings. The number of nitrogens with zero attached hydrogens (tertiary/aromatic N) is 3. The van der Waals surface area contributed by atoms with Gasteiger partial charge in [0.25, 0.3) is 5.91 Å². The minimum Gasteiger partial charge on any atom is -0.353 e. The van der Waals surface area contributed by atoms with Crippen LogP contribution in [0.2, 0.25) is 5.02 Å². The average Bonchev–Trinajstić information content (AvgIpc) is 3.36. The number of pyridine rings is 1. The van der Waals surface area contributed by atoms with Gasteiger partial charge in [0.05, 0.1) is 33.5 Å². The standard InChI is InChI=1S/C26H16ClN5O/c27-20-10-4-1-8-17(20)23-24-19(16-7-2-5-11-21(16)30-24)13-15(29-23)14-28-32-25-18-9-3-6-12-22(18)31-26(25)33/h1-14,30H,(H,31,32,33)/b28-14+. The van der Waals surface area contributed by atoms with E-state index in [9.17, 15) is 4.79 Å². The van der Waals surface area contributed by atoms with Crippen LogP contribution < -0.4 is 16.0 Å². The molecular formula is C26H16ClN5O. The van der Waals surface area contributed by atoms with Gasteiger partial charge >= 0.3 is 0 Å². The molecule has 158 valence electrons. The largest absolute Gasteiger partial charge is 0.353 e. The smallest absolute Gasteiger partial charge is 0.296 e. The Morgan fingerprint density at radius 3 is 2.64 bits per heavy atom. The molecule has 6 nitrogen and oxygen atoms in total. The predicted molar refractivity (Wildman–Crippen MR) is 130 cm³/mol. The van der Waals surface area contributed by atoms with Crippen LogP contribution in [0.5, 0.6) is 0 Å². The van der Waals surface area contributed by atoms with E-state index in [1.807, 2.05) is 66.7 Å². The predicted octanol–water partition coefficient (Wildman–Crippen LogP) is 3.93. The third-order valence-electron chi connectivity index (χ3n) is 5.63. The molecule has 2 N–H and O–H groups in total. The number of hydrazone groups is 1. The number of amides is 1. The summed E-state index contributed by atoms with van der Waals surface area (Å²) in [6, 6.07) is 25.0.